The van der Waals surface area contributed by atoms with Crippen molar-refractivity contribution in [3.8, 4) is 0 Å². The number of carbonyl (C=O) groups is 2. The van der Waals surface area contributed by atoms with Crippen LogP contribution in [0.2, 0.25) is 0 Å². The van der Waals surface area contributed by atoms with Gasteiger partial charge in [-0.3, -0.25) is 9.59 Å². The number of hydrogen-bond acceptors (Lipinski definition) is 4. The Labute approximate surface area is 163 Å². The molecule has 5 nitrogen and oxygen atoms in total. The molecule has 0 saturated carbocycles. The zero-order valence-corrected chi connectivity index (χ0v) is 16.3. The van der Waals surface area contributed by atoms with Gasteiger partial charge in [-0.25, -0.2) is 0 Å². The minimum atomic E-state index is -0.368. The van der Waals surface area contributed by atoms with Gasteiger partial charge in [-0.05, 0) is 35.9 Å². The van der Waals surface area contributed by atoms with E-state index >= 15 is 0 Å². The molecule has 2 amide bonds. The van der Waals surface area contributed by atoms with E-state index in [0.29, 0.717) is 18.7 Å². The fourth-order valence-corrected chi connectivity index (χ4v) is 5.08. The number of nitrogens with zero attached hydrogens (tertiary/aromatic N) is 2. The van der Waals surface area contributed by atoms with E-state index in [9.17, 15) is 9.59 Å². The molecule has 3 heterocycles. The van der Waals surface area contributed by atoms with Crippen LogP contribution in [0.5, 0.6) is 0 Å². The van der Waals surface area contributed by atoms with E-state index in [1.54, 1.807) is 18.4 Å². The van der Waals surface area contributed by atoms with E-state index in [0.717, 1.165) is 36.4 Å². The summed E-state index contributed by atoms with van der Waals surface area (Å²) in [5.41, 5.74) is 1.49. The van der Waals surface area contributed by atoms with Gasteiger partial charge in [0.05, 0.1) is 18.6 Å². The number of carbonyl (C=O) groups excluding carboxylic acids is 2. The molecule has 1 fully saturated rings. The fourth-order valence-electron chi connectivity index (χ4n) is 4.20. The Hall–Kier alpha value is -2.18. The van der Waals surface area contributed by atoms with E-state index in [-0.39, 0.29) is 23.8 Å². The molecular formula is C21H24N2O3S. The Balaban J connectivity index is 1.83. The molecule has 1 aromatic heterocycles. The molecule has 4 rings (SSSR count). The van der Waals surface area contributed by atoms with Crippen molar-refractivity contribution < 1.29 is 14.3 Å². The number of rotatable bonds is 5. The number of amides is 2. The molecule has 6 heteroatoms. The van der Waals surface area contributed by atoms with Crippen molar-refractivity contribution in [2.45, 2.75) is 24.8 Å². The summed E-state index contributed by atoms with van der Waals surface area (Å²) >= 11 is 1.60. The summed E-state index contributed by atoms with van der Waals surface area (Å²) in [4.78, 5) is 31.7. The smallest absolute Gasteiger partial charge is 0.254 e. The highest BCUT2D eigenvalue weighted by Crippen LogP contribution is 2.45. The number of thiophene rings is 1. The van der Waals surface area contributed by atoms with E-state index in [4.69, 9.17) is 4.74 Å². The summed E-state index contributed by atoms with van der Waals surface area (Å²) in [6.45, 7) is 2.53. The van der Waals surface area contributed by atoms with Gasteiger partial charge in [-0.2, -0.15) is 0 Å². The van der Waals surface area contributed by atoms with Crippen LogP contribution in [0, 0.1) is 0 Å². The van der Waals surface area contributed by atoms with Gasteiger partial charge in [0.25, 0.3) is 5.91 Å². The predicted molar refractivity (Wildman–Crippen MR) is 105 cm³/mol. The van der Waals surface area contributed by atoms with E-state index in [1.165, 1.54) is 0 Å². The van der Waals surface area contributed by atoms with Crippen molar-refractivity contribution in [3.05, 3.63) is 57.8 Å². The van der Waals surface area contributed by atoms with Crippen LogP contribution in [0.1, 0.15) is 45.6 Å². The molecule has 1 aromatic carbocycles. The van der Waals surface area contributed by atoms with Crippen LogP contribution in [-0.4, -0.2) is 55.0 Å². The Bertz CT molecular complexity index is 815. The number of hydrogen-bond donors (Lipinski definition) is 0. The highest BCUT2D eigenvalue weighted by Gasteiger charge is 2.45. The second-order valence-electron chi connectivity index (χ2n) is 7.05. The van der Waals surface area contributed by atoms with Gasteiger partial charge in [0, 0.05) is 37.2 Å². The molecule has 2 atom stereocenters. The monoisotopic (exact) mass is 384 g/mol. The maximum Gasteiger partial charge on any atom is 0.254 e. The largest absolute Gasteiger partial charge is 0.383 e. The molecule has 2 aliphatic rings. The summed E-state index contributed by atoms with van der Waals surface area (Å²) in [5.74, 6) is -0.257. The van der Waals surface area contributed by atoms with Crippen molar-refractivity contribution in [1.29, 1.82) is 0 Å². The van der Waals surface area contributed by atoms with E-state index in [2.05, 4.69) is 0 Å². The normalized spacial score (nSPS) is 22.2. The lowest BCUT2D eigenvalue weighted by Crippen LogP contribution is -2.48. The van der Waals surface area contributed by atoms with Gasteiger partial charge in [0.1, 0.15) is 0 Å². The molecule has 0 bridgehead atoms. The van der Waals surface area contributed by atoms with Gasteiger partial charge in [-0.1, -0.05) is 24.3 Å². The number of likely N-dealkylation sites (tertiary alicyclic amines) is 1. The van der Waals surface area contributed by atoms with Crippen molar-refractivity contribution in [3.63, 3.8) is 0 Å². The highest BCUT2D eigenvalue weighted by molar-refractivity contribution is 7.10. The van der Waals surface area contributed by atoms with Gasteiger partial charge in [-0.15, -0.1) is 11.3 Å². The predicted octanol–water partition coefficient (Wildman–Crippen LogP) is 3.30. The van der Waals surface area contributed by atoms with Crippen LogP contribution >= 0.6 is 11.3 Å². The van der Waals surface area contributed by atoms with E-state index < -0.39 is 0 Å². The zero-order valence-electron chi connectivity index (χ0n) is 15.5. The first-order chi connectivity index (χ1) is 13.2. The minimum Gasteiger partial charge on any atom is -0.383 e. The third-order valence-corrected chi connectivity index (χ3v) is 6.44. The lowest BCUT2D eigenvalue weighted by molar-refractivity contribution is -0.133. The maximum atomic E-state index is 13.6. The van der Waals surface area contributed by atoms with Gasteiger partial charge in [0.15, 0.2) is 0 Å². The first-order valence-corrected chi connectivity index (χ1v) is 10.3. The molecule has 2 aromatic rings. The van der Waals surface area contributed by atoms with Crippen molar-refractivity contribution in [1.82, 2.24) is 9.80 Å². The molecule has 2 unspecified atom stereocenters. The summed E-state index contributed by atoms with van der Waals surface area (Å²) in [5, 5.41) is 2.01. The van der Waals surface area contributed by atoms with Gasteiger partial charge in [0.2, 0.25) is 5.91 Å². The topological polar surface area (TPSA) is 49.9 Å². The molecule has 0 N–H and O–H groups in total. The Morgan fingerprint density at radius 3 is 2.67 bits per heavy atom. The van der Waals surface area contributed by atoms with Crippen molar-refractivity contribution >= 4 is 23.2 Å². The molecule has 142 valence electrons. The van der Waals surface area contributed by atoms with Crippen LogP contribution in [0.25, 0.3) is 0 Å². The molecule has 27 heavy (non-hydrogen) atoms. The number of fused-ring (bicyclic) bond motifs is 1. The summed E-state index contributed by atoms with van der Waals surface area (Å²) in [7, 11) is 1.63. The lowest BCUT2D eigenvalue weighted by Gasteiger charge is -2.42. The zero-order chi connectivity index (χ0) is 18.8. The van der Waals surface area contributed by atoms with Crippen LogP contribution < -0.4 is 0 Å². The number of benzene rings is 1. The third kappa shape index (κ3) is 3.28. The van der Waals surface area contributed by atoms with Crippen LogP contribution in [0.15, 0.2) is 41.8 Å². The van der Waals surface area contributed by atoms with Crippen molar-refractivity contribution in [2.24, 2.45) is 0 Å². The quantitative estimate of drug-likeness (QED) is 0.795. The first kappa shape index (κ1) is 18.2. The number of ether oxygens (including phenoxy) is 1. The lowest BCUT2D eigenvalue weighted by atomic mass is 9.81. The Kier molecular flexibility index (Phi) is 5.27. The molecule has 1 saturated heterocycles. The highest BCUT2D eigenvalue weighted by atomic mass is 32.1. The van der Waals surface area contributed by atoms with Gasteiger partial charge >= 0.3 is 0 Å². The first-order valence-electron chi connectivity index (χ1n) is 9.43. The van der Waals surface area contributed by atoms with Crippen LogP contribution in [0.4, 0.5) is 0 Å². The average molecular weight is 385 g/mol. The molecule has 2 aliphatic heterocycles. The Morgan fingerprint density at radius 2 is 1.96 bits per heavy atom. The van der Waals surface area contributed by atoms with Gasteiger partial charge < -0.3 is 14.5 Å². The minimum absolute atomic E-state index is 0.0217. The number of methoxy groups -OCH3 is 1. The van der Waals surface area contributed by atoms with E-state index in [1.807, 2.05) is 51.6 Å². The third-order valence-electron chi connectivity index (χ3n) is 5.49. The maximum absolute atomic E-state index is 13.6. The summed E-state index contributed by atoms with van der Waals surface area (Å²) in [6, 6.07) is 11.3. The second kappa shape index (κ2) is 7.82. The molecule has 0 radical (unpaired) electrons. The van der Waals surface area contributed by atoms with Crippen molar-refractivity contribution in [2.75, 3.05) is 33.4 Å². The standard InChI is InChI=1S/C21H24N2O3S/c1-26-13-12-23-19(17-9-6-14-27-17)18(21(25)22-10-4-5-11-22)15-7-2-3-8-16(15)20(23)24/h2-3,6-9,14,18-19H,4-5,10-13H2,1H3. The van der Waals surface area contributed by atoms with Crippen LogP contribution in [-0.2, 0) is 9.53 Å². The average Bonchev–Trinajstić information content (AvgIpc) is 3.40. The summed E-state index contributed by atoms with van der Waals surface area (Å²) < 4.78 is 5.26. The summed E-state index contributed by atoms with van der Waals surface area (Å²) in [6.07, 6.45) is 2.10. The molecular weight excluding hydrogens is 360 g/mol. The second-order valence-corrected chi connectivity index (χ2v) is 8.03. The van der Waals surface area contributed by atoms with Crippen LogP contribution in [0.3, 0.4) is 0 Å². The fraction of sp³-hybridized carbons (Fsp3) is 0.429. The molecule has 0 spiro atoms. The SMILES string of the molecule is COCCN1C(=O)c2ccccc2C(C(=O)N2CCCC2)C1c1cccs1. The Morgan fingerprint density at radius 1 is 1.19 bits per heavy atom. The molecule has 0 aliphatic carbocycles.